The van der Waals surface area contributed by atoms with Crippen molar-refractivity contribution in [3.8, 4) is 0 Å². The molecule has 0 aliphatic rings. The van der Waals surface area contributed by atoms with Gasteiger partial charge in [0.05, 0.1) is 0 Å². The van der Waals surface area contributed by atoms with Gasteiger partial charge in [-0.1, -0.05) is 0 Å². The predicted octanol–water partition coefficient (Wildman–Crippen LogP) is -4.32. The fourth-order valence-corrected chi connectivity index (χ4v) is 0. The van der Waals surface area contributed by atoms with Crippen molar-refractivity contribution in [2.24, 2.45) is 0 Å². The van der Waals surface area contributed by atoms with E-state index in [1.807, 2.05) is 0 Å². The van der Waals surface area contributed by atoms with Crippen LogP contribution in [0.5, 0.6) is 0 Å². The van der Waals surface area contributed by atoms with Crippen LogP contribution in [0.1, 0.15) is 0 Å². The second-order valence-electron chi connectivity index (χ2n) is 0. The second kappa shape index (κ2) is 39.5. The first-order chi connectivity index (χ1) is 0. The Kier molecular flexibility index (Phi) is 285. The van der Waals surface area contributed by atoms with Gasteiger partial charge in [0, 0.05) is 36.5 Å². The summed E-state index contributed by atoms with van der Waals surface area (Å²) in [6.07, 6.45) is 0. The van der Waals surface area contributed by atoms with Crippen molar-refractivity contribution in [2.45, 2.75) is 0 Å². The Balaban J connectivity index is 0. The molecule has 0 spiro atoms. The molecule has 0 heterocycles. The first-order valence-electron chi connectivity index (χ1n) is 0. The van der Waals surface area contributed by atoms with Gasteiger partial charge in [-0.15, -0.1) is 0 Å². The van der Waals surface area contributed by atoms with E-state index in [0.717, 1.165) is 0 Å². The second-order valence-corrected chi connectivity index (χ2v) is 0. The fraction of sp³-hybridized carbons (Fsp3) is 0. The monoisotopic (exact) mass is 282 g/mol. The third-order valence-electron chi connectivity index (χ3n) is 0. The molecule has 7 heavy (non-hydrogen) atoms. The van der Waals surface area contributed by atoms with E-state index in [4.69, 9.17) is 0 Å². The van der Waals surface area contributed by atoms with Crippen molar-refractivity contribution in [1.82, 2.24) is 0 Å². The predicted molar refractivity (Wildman–Crippen MR) is 41.3 cm³/mol. The molecule has 0 saturated heterocycles. The maximum atomic E-state index is 0. The summed E-state index contributed by atoms with van der Waals surface area (Å²) < 4.78 is 0. The summed E-state index contributed by atoms with van der Waals surface area (Å²) >= 11 is 0. The first kappa shape index (κ1) is 50.5. The summed E-state index contributed by atoms with van der Waals surface area (Å²) in [5, 5.41) is 0. The molecule has 0 bridgehead atoms. The third kappa shape index (κ3) is 32.8. The Hall–Kier alpha value is 6.34. The van der Waals surface area contributed by atoms with Crippen LogP contribution < -0.4 is 0 Å². The van der Waals surface area contributed by atoms with Gasteiger partial charge in [0.25, 0.3) is 0 Å². The number of hydrogen-bond acceptors (Lipinski definition) is 0. The van der Waals surface area contributed by atoms with Crippen LogP contribution in [0.2, 0.25) is 0 Å². The van der Waals surface area contributed by atoms with E-state index in [9.17, 15) is 0 Å². The van der Waals surface area contributed by atoms with E-state index in [1.54, 1.807) is 0 Å². The Morgan fingerprint density at radius 2 is 1.00 bits per heavy atom. The SMILES string of the molecule is [AlH3].[CaH2].[Fe].[KH].[MgH2].[NaH].[Zn]. The third-order valence-corrected chi connectivity index (χ3v) is 0. The van der Waals surface area contributed by atoms with Crippen LogP contribution in [0.25, 0.3) is 0 Å². The smallest absolute Gasteiger partial charge is 0 e. The van der Waals surface area contributed by atoms with Crippen LogP contribution in [0.15, 0.2) is 0 Å². The molecule has 28 valence electrons. The molecule has 0 saturated carbocycles. The molecule has 0 aliphatic carbocycles. The van der Waals surface area contributed by atoms with Gasteiger partial charge >= 0.3 is 142 Å². The van der Waals surface area contributed by atoms with E-state index in [2.05, 4.69) is 0 Å². The molecule has 7 heteroatoms. The van der Waals surface area contributed by atoms with Crippen molar-refractivity contribution in [2.75, 3.05) is 0 Å². The normalized spacial score (nSPS) is 0. The zero-order valence-corrected chi connectivity index (χ0v) is 5.13. The molecule has 0 radical (unpaired) electrons. The van der Waals surface area contributed by atoms with Crippen LogP contribution in [-0.4, -0.2) is 159 Å². The van der Waals surface area contributed by atoms with Crippen molar-refractivity contribution < 1.29 is 36.5 Å². The van der Waals surface area contributed by atoms with Crippen LogP contribution >= 0.6 is 0 Å². The Bertz CT molecular complexity index is 19.7. The summed E-state index contributed by atoms with van der Waals surface area (Å²) in [6.45, 7) is 0. The minimum Gasteiger partial charge on any atom is 0 e. The summed E-state index contributed by atoms with van der Waals surface area (Å²) in [7, 11) is 0. The van der Waals surface area contributed by atoms with Crippen LogP contribution in [0, 0.1) is 0 Å². The molecule has 0 amide bonds. The average molecular weight is 284 g/mol. The van der Waals surface area contributed by atoms with Crippen LogP contribution in [0.3, 0.4) is 0 Å². The van der Waals surface area contributed by atoms with Crippen LogP contribution in [-0.2, 0) is 36.5 Å². The molecule has 0 rings (SSSR count). The molecule has 0 aromatic heterocycles. The van der Waals surface area contributed by atoms with Gasteiger partial charge < -0.3 is 0 Å². The Morgan fingerprint density at radius 3 is 1.00 bits per heavy atom. The van der Waals surface area contributed by atoms with Crippen molar-refractivity contribution in [1.29, 1.82) is 0 Å². The van der Waals surface area contributed by atoms with Gasteiger partial charge in [-0.3, -0.25) is 0 Å². The van der Waals surface area contributed by atoms with Gasteiger partial charge in [0.1, 0.15) is 0 Å². The van der Waals surface area contributed by atoms with Crippen molar-refractivity contribution >= 4 is 159 Å². The average Bonchev–Trinajstić information content (AvgIpc) is 0. The van der Waals surface area contributed by atoms with Crippen molar-refractivity contribution in [3.05, 3.63) is 0 Å². The fourth-order valence-electron chi connectivity index (χ4n) is 0. The molecule has 0 aliphatic heterocycles. The summed E-state index contributed by atoms with van der Waals surface area (Å²) in [6, 6.07) is 0. The molecule has 0 nitrogen and oxygen atoms in total. The molecular weight excluding hydrogens is 275 g/mol. The summed E-state index contributed by atoms with van der Waals surface area (Å²) in [5.74, 6) is 0. The Morgan fingerprint density at radius 1 is 1.00 bits per heavy atom. The van der Waals surface area contributed by atoms with Gasteiger partial charge in [-0.05, 0) is 0 Å². The molecular formula is H9AlCaFeKMgNaZn. The standard InChI is InChI=1S/Al.Ca.Fe.K.Mg.Na.Zn.9H. The quantitative estimate of drug-likeness (QED) is 0.395. The molecule has 0 atom stereocenters. The summed E-state index contributed by atoms with van der Waals surface area (Å²) in [4.78, 5) is 0. The molecule has 0 aromatic carbocycles. The van der Waals surface area contributed by atoms with E-state index in [0.29, 0.717) is 0 Å². The van der Waals surface area contributed by atoms with Gasteiger partial charge in [0.2, 0.25) is 0 Å². The minimum atomic E-state index is 0. The van der Waals surface area contributed by atoms with E-state index in [1.165, 1.54) is 0 Å². The maximum Gasteiger partial charge on any atom is 0 e. The zero-order chi connectivity index (χ0) is 0. The largest absolute Gasteiger partial charge is 0 e. The number of rotatable bonds is 0. The van der Waals surface area contributed by atoms with Gasteiger partial charge in [0.15, 0.2) is 17.4 Å². The Labute approximate surface area is 189 Å². The molecule has 0 unspecified atom stereocenters. The topological polar surface area (TPSA) is 0 Å². The van der Waals surface area contributed by atoms with Gasteiger partial charge in [-0.25, -0.2) is 0 Å². The van der Waals surface area contributed by atoms with Crippen LogP contribution in [0.4, 0.5) is 0 Å². The molecule has 0 aromatic rings. The summed E-state index contributed by atoms with van der Waals surface area (Å²) in [5.41, 5.74) is 0. The van der Waals surface area contributed by atoms with E-state index < -0.39 is 0 Å². The zero-order valence-electron chi connectivity index (χ0n) is 1.06. The first-order valence-corrected chi connectivity index (χ1v) is 0. The minimum absolute atomic E-state index is 0. The van der Waals surface area contributed by atoms with E-state index in [-0.39, 0.29) is 196 Å². The molecule has 0 fully saturated rings. The number of hydrogen-bond donors (Lipinski definition) is 0. The molecule has 0 N–H and O–H groups in total. The van der Waals surface area contributed by atoms with E-state index >= 15 is 0 Å². The van der Waals surface area contributed by atoms with Gasteiger partial charge in [-0.2, -0.15) is 0 Å². The maximum absolute atomic E-state index is 0. The van der Waals surface area contributed by atoms with Crippen molar-refractivity contribution in [3.63, 3.8) is 0 Å².